The topological polar surface area (TPSA) is 401 Å². The first-order valence-corrected chi connectivity index (χ1v) is 22.1. The molecule has 0 spiro atoms. The number of amides is 7. The number of aliphatic imine (C=N–C) groups is 2. The minimum absolute atomic E-state index is 0.0334. The van der Waals surface area contributed by atoms with E-state index in [1.54, 1.807) is 19.1 Å². The number of benzene rings is 1. The van der Waals surface area contributed by atoms with Crippen LogP contribution in [0.15, 0.2) is 34.3 Å². The molecule has 65 heavy (non-hydrogen) atoms. The van der Waals surface area contributed by atoms with Gasteiger partial charge in [0.2, 0.25) is 41.4 Å². The van der Waals surface area contributed by atoms with E-state index in [2.05, 4.69) is 31.3 Å². The second kappa shape index (κ2) is 27.8. The molecule has 1 saturated heterocycles. The lowest BCUT2D eigenvalue weighted by Gasteiger charge is -2.34. The Morgan fingerprint density at radius 2 is 1.29 bits per heavy atom. The van der Waals surface area contributed by atoms with E-state index in [9.17, 15) is 38.7 Å². The molecule has 1 fully saturated rings. The van der Waals surface area contributed by atoms with Crippen molar-refractivity contribution in [3.05, 3.63) is 29.8 Å². The third-order valence-corrected chi connectivity index (χ3v) is 10.9. The lowest BCUT2D eigenvalue weighted by Crippen LogP contribution is -2.61. The van der Waals surface area contributed by atoms with Crippen LogP contribution in [0.1, 0.15) is 90.5 Å². The number of phenols is 1. The molecular weight excluding hydrogens is 843 g/mol. The number of carbonyl (C=O) groups is 7. The Balaban J connectivity index is 2.37. The van der Waals surface area contributed by atoms with E-state index in [-0.39, 0.29) is 88.3 Å². The summed E-state index contributed by atoms with van der Waals surface area (Å²) in [5, 5.41) is 20.5. The Morgan fingerprint density at radius 3 is 1.85 bits per heavy atom. The summed E-state index contributed by atoms with van der Waals surface area (Å²) in [5.41, 5.74) is 40.0. The molecule has 0 aliphatic carbocycles. The summed E-state index contributed by atoms with van der Waals surface area (Å²) in [6, 6.07) is -1.94. The molecule has 19 N–H and O–H groups in total. The van der Waals surface area contributed by atoms with Gasteiger partial charge in [0.1, 0.15) is 42.0 Å². The van der Waals surface area contributed by atoms with Crippen LogP contribution in [0.2, 0.25) is 0 Å². The number of primary amides is 1. The first-order chi connectivity index (χ1) is 30.7. The largest absolute Gasteiger partial charge is 0.508 e. The Bertz CT molecular complexity index is 1800. The van der Waals surface area contributed by atoms with Crippen LogP contribution in [0.5, 0.6) is 5.75 Å². The molecule has 0 radical (unpaired) electrons. The predicted octanol–water partition coefficient (Wildman–Crippen LogP) is -3.19. The second-order valence-electron chi connectivity index (χ2n) is 16.7. The number of nitrogens with one attached hydrogen (secondary N) is 4. The molecule has 1 aliphatic heterocycles. The van der Waals surface area contributed by atoms with Crippen LogP contribution < -0.4 is 61.4 Å². The Morgan fingerprint density at radius 1 is 0.754 bits per heavy atom. The van der Waals surface area contributed by atoms with E-state index in [4.69, 9.17) is 40.1 Å². The van der Waals surface area contributed by atoms with Crippen LogP contribution in [0.4, 0.5) is 0 Å². The number of likely N-dealkylation sites (tertiary alicyclic amines) is 1. The molecule has 1 aliphatic rings. The zero-order valence-corrected chi connectivity index (χ0v) is 38.2. The Kier molecular flexibility index (Phi) is 23.5. The van der Waals surface area contributed by atoms with Crippen LogP contribution in [0.3, 0.4) is 0 Å². The van der Waals surface area contributed by atoms with Gasteiger partial charge < -0.3 is 76.3 Å². The lowest BCUT2D eigenvalue weighted by atomic mass is 10.0. The standard InChI is InChI=1S/C42H73N15O8/c1-5-9-29(35(60)54-30(22-25-14-16-26(58)17-15-25)36(61)55-31(23-43)37(62)52-28(34(45)59)18-13-24(2)3)53-38(63)32(11-7-20-51-42(48)49)56(4)40(65)33-12-8-21-57(33)39(64)27(44)10-6-19-50-41(46)47/h14-17,24,27-33,58H,5-13,18-23,43-44H2,1-4H3,(H2,45,59)(H,52,62)(H,53,63)(H,54,60)(H,55,61)(H4,46,47,50)(H4,48,49,51)/t27-,28-,29-,30-,31-,32-,33-/m0/s1. The average Bonchev–Trinajstić information content (AvgIpc) is 3.74. The number of rotatable bonds is 28. The summed E-state index contributed by atoms with van der Waals surface area (Å²) in [5.74, 6) is -4.72. The zero-order valence-electron chi connectivity index (χ0n) is 38.2. The second-order valence-corrected chi connectivity index (χ2v) is 16.7. The fourth-order valence-corrected chi connectivity index (χ4v) is 7.26. The van der Waals surface area contributed by atoms with Crippen LogP contribution >= 0.6 is 0 Å². The summed E-state index contributed by atoms with van der Waals surface area (Å²) in [4.78, 5) is 106. The summed E-state index contributed by atoms with van der Waals surface area (Å²) >= 11 is 0. The maximum Gasteiger partial charge on any atom is 0.245 e. The van der Waals surface area contributed by atoms with E-state index in [0.29, 0.717) is 37.7 Å². The number of aromatic hydroxyl groups is 1. The zero-order chi connectivity index (χ0) is 48.8. The summed E-state index contributed by atoms with van der Waals surface area (Å²) in [6.45, 7) is 6.02. The van der Waals surface area contributed by atoms with Crippen molar-refractivity contribution in [1.29, 1.82) is 0 Å². The summed E-state index contributed by atoms with van der Waals surface area (Å²) in [7, 11) is 1.44. The molecule has 364 valence electrons. The van der Waals surface area contributed by atoms with Crippen molar-refractivity contribution in [2.24, 2.45) is 56.0 Å². The SMILES string of the molecule is CCC[C@H](NC(=O)[C@H](CCCN=C(N)N)N(C)C(=O)[C@@H]1CCCN1C(=O)[C@@H](N)CCCN=C(N)N)C(=O)N[C@@H](Cc1ccc(O)cc1)C(=O)N[C@@H](CN)C(=O)N[C@@H](CCC(C)C)C(N)=O. The van der Waals surface area contributed by atoms with Crippen molar-refractivity contribution in [2.75, 3.05) is 33.2 Å². The van der Waals surface area contributed by atoms with Crippen LogP contribution in [-0.4, -0.2) is 144 Å². The molecule has 1 aromatic carbocycles. The molecule has 0 saturated carbocycles. The molecule has 23 heteroatoms. The van der Waals surface area contributed by atoms with Gasteiger partial charge in [0.15, 0.2) is 11.9 Å². The van der Waals surface area contributed by atoms with E-state index < -0.39 is 83.6 Å². The van der Waals surface area contributed by atoms with Gasteiger partial charge in [0, 0.05) is 39.6 Å². The molecule has 0 aromatic heterocycles. The van der Waals surface area contributed by atoms with E-state index >= 15 is 0 Å². The maximum atomic E-state index is 14.3. The molecular formula is C42H73N15O8. The monoisotopic (exact) mass is 916 g/mol. The highest BCUT2D eigenvalue weighted by Crippen LogP contribution is 2.23. The van der Waals surface area contributed by atoms with E-state index in [1.165, 1.54) is 29.0 Å². The fourth-order valence-electron chi connectivity index (χ4n) is 7.26. The van der Waals surface area contributed by atoms with Gasteiger partial charge in [-0.1, -0.05) is 39.3 Å². The smallest absolute Gasteiger partial charge is 0.245 e. The van der Waals surface area contributed by atoms with Gasteiger partial charge in [-0.2, -0.15) is 0 Å². The third-order valence-electron chi connectivity index (χ3n) is 10.9. The van der Waals surface area contributed by atoms with Gasteiger partial charge in [-0.15, -0.1) is 0 Å². The first kappa shape index (κ1) is 54.9. The first-order valence-electron chi connectivity index (χ1n) is 22.1. The van der Waals surface area contributed by atoms with Crippen molar-refractivity contribution >= 4 is 53.3 Å². The quantitative estimate of drug-likeness (QED) is 0.0224. The number of phenolic OH excluding ortho intramolecular Hbond substituents is 1. The number of hydrogen-bond donors (Lipinski definition) is 12. The minimum Gasteiger partial charge on any atom is -0.508 e. The highest BCUT2D eigenvalue weighted by molar-refractivity contribution is 5.97. The number of carbonyl (C=O) groups excluding carboxylic acids is 7. The molecule has 7 atom stereocenters. The van der Waals surface area contributed by atoms with E-state index in [1.807, 2.05) is 13.8 Å². The highest BCUT2D eigenvalue weighted by atomic mass is 16.3. The normalized spacial score (nSPS) is 16.2. The van der Waals surface area contributed by atoms with Crippen LogP contribution in [-0.2, 0) is 40.0 Å². The number of nitrogens with zero attached hydrogens (tertiary/aromatic N) is 4. The Labute approximate surface area is 380 Å². The highest BCUT2D eigenvalue weighted by Gasteiger charge is 2.41. The molecule has 23 nitrogen and oxygen atoms in total. The number of hydrogen-bond acceptors (Lipinski definition) is 12. The molecule has 0 bridgehead atoms. The van der Waals surface area contributed by atoms with Gasteiger partial charge in [0.25, 0.3) is 0 Å². The molecule has 7 amide bonds. The van der Waals surface area contributed by atoms with Gasteiger partial charge in [-0.25, -0.2) is 0 Å². The fraction of sp³-hybridized carbons (Fsp3) is 0.643. The Hall–Kier alpha value is -6.23. The van der Waals surface area contributed by atoms with Crippen LogP contribution in [0.25, 0.3) is 0 Å². The van der Waals surface area contributed by atoms with Crippen molar-refractivity contribution in [2.45, 2.75) is 134 Å². The minimum atomic E-state index is -1.33. The molecule has 1 aromatic rings. The van der Waals surface area contributed by atoms with Crippen molar-refractivity contribution in [3.8, 4) is 5.75 Å². The maximum absolute atomic E-state index is 14.3. The molecule has 2 rings (SSSR count). The van der Waals surface area contributed by atoms with Crippen molar-refractivity contribution < 1.29 is 38.7 Å². The lowest BCUT2D eigenvalue weighted by molar-refractivity contribution is -0.148. The van der Waals surface area contributed by atoms with Gasteiger partial charge >= 0.3 is 0 Å². The van der Waals surface area contributed by atoms with Crippen LogP contribution in [0, 0.1) is 5.92 Å². The number of guanidine groups is 2. The molecule has 1 heterocycles. The molecule has 0 unspecified atom stereocenters. The summed E-state index contributed by atoms with van der Waals surface area (Å²) in [6.07, 6.45) is 3.18. The number of likely N-dealkylation sites (N-methyl/N-ethyl adjacent to an activating group) is 1. The summed E-state index contributed by atoms with van der Waals surface area (Å²) < 4.78 is 0. The number of nitrogens with two attached hydrogens (primary N) is 7. The van der Waals surface area contributed by atoms with Gasteiger partial charge in [-0.3, -0.25) is 43.5 Å². The van der Waals surface area contributed by atoms with E-state index in [0.717, 1.165) is 0 Å². The van der Waals surface area contributed by atoms with Crippen molar-refractivity contribution in [3.63, 3.8) is 0 Å². The average molecular weight is 916 g/mol. The van der Waals surface area contributed by atoms with Gasteiger partial charge in [0.05, 0.1) is 6.04 Å². The van der Waals surface area contributed by atoms with Gasteiger partial charge in [-0.05, 0) is 81.4 Å². The van der Waals surface area contributed by atoms with Crippen molar-refractivity contribution in [1.82, 2.24) is 31.1 Å². The third kappa shape index (κ3) is 18.8. The predicted molar refractivity (Wildman–Crippen MR) is 246 cm³/mol.